The lowest BCUT2D eigenvalue weighted by Gasteiger charge is -2.24. The van der Waals surface area contributed by atoms with E-state index in [0.29, 0.717) is 30.2 Å². The van der Waals surface area contributed by atoms with E-state index in [2.05, 4.69) is 15.3 Å². The van der Waals surface area contributed by atoms with Crippen LogP contribution in [0.2, 0.25) is 0 Å². The molecule has 0 aliphatic carbocycles. The summed E-state index contributed by atoms with van der Waals surface area (Å²) >= 11 is 0. The minimum absolute atomic E-state index is 0.00923. The summed E-state index contributed by atoms with van der Waals surface area (Å²) in [6, 6.07) is -0.544. The number of nitrogens with one attached hydrogen (secondary N) is 1. The second-order valence-corrected chi connectivity index (χ2v) is 9.74. The highest BCUT2D eigenvalue weighted by Gasteiger charge is 2.32. The van der Waals surface area contributed by atoms with E-state index in [1.54, 1.807) is 13.8 Å². The highest BCUT2D eigenvalue weighted by atomic mass is 16.5. The van der Waals surface area contributed by atoms with Crippen molar-refractivity contribution in [2.75, 3.05) is 7.11 Å². The topological polar surface area (TPSA) is 145 Å². The second kappa shape index (κ2) is 11.6. The van der Waals surface area contributed by atoms with E-state index < -0.39 is 24.0 Å². The summed E-state index contributed by atoms with van der Waals surface area (Å²) in [5, 5.41) is 13.2. The summed E-state index contributed by atoms with van der Waals surface area (Å²) in [5.41, 5.74) is 0.418. The lowest BCUT2D eigenvalue weighted by Crippen LogP contribution is -2.39. The molecular formula is C25H35N3O7. The molecule has 2 N–H and O–H groups in total. The Bertz CT molecular complexity index is 1040. The van der Waals surface area contributed by atoms with Gasteiger partial charge >= 0.3 is 5.97 Å². The van der Waals surface area contributed by atoms with Crippen LogP contribution in [0.3, 0.4) is 0 Å². The molecule has 0 radical (unpaired) electrons. The average Bonchev–Trinajstić information content (AvgIpc) is 3.46. The summed E-state index contributed by atoms with van der Waals surface area (Å²) in [6.45, 7) is 7.42. The van der Waals surface area contributed by atoms with Gasteiger partial charge in [-0.15, -0.1) is 0 Å². The zero-order chi connectivity index (χ0) is 25.7. The lowest BCUT2D eigenvalue weighted by molar-refractivity contribution is -0.135. The molecular weight excluding hydrogens is 454 g/mol. The van der Waals surface area contributed by atoms with Crippen molar-refractivity contribution in [1.82, 2.24) is 15.3 Å². The molecule has 0 saturated heterocycles. The summed E-state index contributed by atoms with van der Waals surface area (Å²) < 4.78 is 16.3. The number of fused-ring (bicyclic) bond motifs is 2. The Balaban J connectivity index is 1.90. The Hall–Kier alpha value is -3.01. The van der Waals surface area contributed by atoms with E-state index in [-0.39, 0.29) is 41.5 Å². The number of Topliss-reactive ketones (excluding diaryl/α,β-unsaturated/α-hetero) is 1. The third kappa shape index (κ3) is 6.36. The van der Waals surface area contributed by atoms with Crippen LogP contribution in [0, 0.1) is 17.8 Å². The zero-order valence-electron chi connectivity index (χ0n) is 21.0. The number of rotatable bonds is 7. The molecule has 0 fully saturated rings. The Labute approximate surface area is 204 Å². The van der Waals surface area contributed by atoms with Gasteiger partial charge in [0.25, 0.3) is 0 Å². The van der Waals surface area contributed by atoms with Gasteiger partial charge in [-0.25, -0.2) is 14.8 Å². The summed E-state index contributed by atoms with van der Waals surface area (Å²) in [7, 11) is 1.26. The SMILES string of the molecule is COC(=O)c1coc(-c2nc3oc2CCCCCC(CC(=O)[C@@H](O)C(C)C)C(=O)N[C@H]3C(C)C)n1. The number of esters is 1. The minimum Gasteiger partial charge on any atom is -0.464 e. The van der Waals surface area contributed by atoms with Crippen molar-refractivity contribution in [3.05, 3.63) is 23.6 Å². The summed E-state index contributed by atoms with van der Waals surface area (Å²) in [6.07, 6.45) is 3.58. The van der Waals surface area contributed by atoms with Gasteiger partial charge < -0.3 is 24.0 Å². The van der Waals surface area contributed by atoms with Crippen molar-refractivity contribution in [3.63, 3.8) is 0 Å². The Kier molecular flexibility index (Phi) is 8.82. The number of ether oxygens (including phenoxy) is 1. The smallest absolute Gasteiger partial charge is 0.360 e. The van der Waals surface area contributed by atoms with Crippen LogP contribution in [0.1, 0.15) is 88.0 Å². The average molecular weight is 490 g/mol. The van der Waals surface area contributed by atoms with Crippen molar-refractivity contribution in [2.24, 2.45) is 17.8 Å². The number of aliphatic hydroxyl groups excluding tert-OH is 1. The molecule has 0 saturated carbocycles. The van der Waals surface area contributed by atoms with Crippen molar-refractivity contribution in [2.45, 2.75) is 78.4 Å². The molecule has 1 aliphatic heterocycles. The second-order valence-electron chi connectivity index (χ2n) is 9.74. The Morgan fingerprint density at radius 3 is 2.60 bits per heavy atom. The van der Waals surface area contributed by atoms with E-state index in [9.17, 15) is 19.5 Å². The van der Waals surface area contributed by atoms with Gasteiger partial charge in [-0.1, -0.05) is 40.5 Å². The maximum atomic E-state index is 13.3. The summed E-state index contributed by atoms with van der Waals surface area (Å²) in [5.74, 6) is -0.988. The van der Waals surface area contributed by atoms with E-state index >= 15 is 0 Å². The number of methoxy groups -OCH3 is 1. The number of aryl methyl sites for hydroxylation is 1. The fraction of sp³-hybridized carbons (Fsp3) is 0.640. The Morgan fingerprint density at radius 2 is 1.94 bits per heavy atom. The number of carbonyl (C=O) groups is 3. The molecule has 10 heteroatoms. The first kappa shape index (κ1) is 26.6. The van der Waals surface area contributed by atoms with Crippen LogP contribution in [0.4, 0.5) is 0 Å². The first-order valence-corrected chi connectivity index (χ1v) is 12.2. The first-order chi connectivity index (χ1) is 16.6. The van der Waals surface area contributed by atoms with Crippen LogP contribution in [-0.4, -0.2) is 45.9 Å². The highest BCUT2D eigenvalue weighted by Crippen LogP contribution is 2.32. The van der Waals surface area contributed by atoms with Crippen LogP contribution in [-0.2, 0) is 20.7 Å². The van der Waals surface area contributed by atoms with Crippen molar-refractivity contribution >= 4 is 17.7 Å². The van der Waals surface area contributed by atoms with Crippen LogP contribution >= 0.6 is 0 Å². The van der Waals surface area contributed by atoms with Gasteiger partial charge in [-0.05, 0) is 24.7 Å². The molecule has 2 aromatic rings. The van der Waals surface area contributed by atoms with E-state index in [4.69, 9.17) is 13.6 Å². The maximum absolute atomic E-state index is 13.3. The maximum Gasteiger partial charge on any atom is 0.360 e. The molecule has 35 heavy (non-hydrogen) atoms. The number of carbonyl (C=O) groups excluding carboxylic acids is 3. The largest absolute Gasteiger partial charge is 0.464 e. The normalized spacial score (nSPS) is 20.2. The molecule has 3 atom stereocenters. The van der Waals surface area contributed by atoms with E-state index in [0.717, 1.165) is 19.3 Å². The number of oxazole rings is 2. The number of aromatic nitrogens is 2. The molecule has 3 heterocycles. The van der Waals surface area contributed by atoms with Crippen LogP contribution in [0.25, 0.3) is 11.6 Å². The summed E-state index contributed by atoms with van der Waals surface area (Å²) in [4.78, 5) is 46.4. The third-order valence-corrected chi connectivity index (χ3v) is 6.28. The molecule has 1 unspecified atom stereocenters. The molecule has 192 valence electrons. The molecule has 0 spiro atoms. The van der Waals surface area contributed by atoms with E-state index in [1.165, 1.54) is 13.4 Å². The zero-order valence-corrected chi connectivity index (χ0v) is 21.0. The van der Waals surface area contributed by atoms with Crippen molar-refractivity contribution in [3.8, 4) is 11.6 Å². The molecule has 2 aromatic heterocycles. The van der Waals surface area contributed by atoms with Gasteiger partial charge in [0.1, 0.15) is 24.2 Å². The molecule has 2 bridgehead atoms. The van der Waals surface area contributed by atoms with Crippen molar-refractivity contribution < 1.29 is 33.1 Å². The Morgan fingerprint density at radius 1 is 1.20 bits per heavy atom. The number of hydrogen-bond donors (Lipinski definition) is 2. The molecule has 0 aromatic carbocycles. The standard InChI is InChI=1S/C25H35N3O7/c1-13(2)19-24-28-20(23-26-16(12-34-23)25(32)33-5)18(35-24)10-8-6-7-9-15(22(31)27-19)11-17(29)21(30)14(3)4/h12-15,19,21,30H,6-11H2,1-5H3,(H,27,31)/t15?,19-,21-/m0/s1. The van der Waals surface area contributed by atoms with Crippen molar-refractivity contribution in [1.29, 1.82) is 0 Å². The van der Waals surface area contributed by atoms with Crippen LogP contribution in [0.15, 0.2) is 15.1 Å². The van der Waals surface area contributed by atoms with Gasteiger partial charge in [0.2, 0.25) is 17.7 Å². The third-order valence-electron chi connectivity index (χ3n) is 6.28. The number of nitrogens with zero attached hydrogens (tertiary/aromatic N) is 2. The molecule has 1 amide bonds. The fourth-order valence-electron chi connectivity index (χ4n) is 4.12. The quantitative estimate of drug-likeness (QED) is 0.557. The number of ketones is 1. The lowest BCUT2D eigenvalue weighted by atomic mass is 9.89. The number of amides is 1. The minimum atomic E-state index is -1.09. The fourth-order valence-corrected chi connectivity index (χ4v) is 4.12. The predicted octanol–water partition coefficient (Wildman–Crippen LogP) is 3.64. The van der Waals surface area contributed by atoms with Crippen LogP contribution in [0.5, 0.6) is 0 Å². The van der Waals surface area contributed by atoms with Gasteiger partial charge in [0.05, 0.1) is 7.11 Å². The molecule has 10 nitrogen and oxygen atoms in total. The first-order valence-electron chi connectivity index (χ1n) is 12.2. The molecule has 1 aliphatic rings. The number of hydrogen-bond acceptors (Lipinski definition) is 9. The number of aliphatic hydroxyl groups is 1. The van der Waals surface area contributed by atoms with E-state index in [1.807, 2.05) is 13.8 Å². The predicted molar refractivity (Wildman–Crippen MR) is 125 cm³/mol. The monoisotopic (exact) mass is 489 g/mol. The van der Waals surface area contributed by atoms with Gasteiger partial charge in [0.15, 0.2) is 17.2 Å². The van der Waals surface area contributed by atoms with Gasteiger partial charge in [0, 0.05) is 18.8 Å². The van der Waals surface area contributed by atoms with Crippen LogP contribution < -0.4 is 5.32 Å². The van der Waals surface area contributed by atoms with Gasteiger partial charge in [-0.2, -0.15) is 0 Å². The van der Waals surface area contributed by atoms with Gasteiger partial charge in [-0.3, -0.25) is 9.59 Å². The highest BCUT2D eigenvalue weighted by molar-refractivity contribution is 5.89. The molecule has 3 rings (SSSR count).